The molecule has 5 rings (SSSR count). The van der Waals surface area contributed by atoms with Gasteiger partial charge in [-0.05, 0) is 54.3 Å². The highest BCUT2D eigenvalue weighted by atomic mass is 19.1. The Bertz CT molecular complexity index is 1180. The number of hydrogen-bond donors (Lipinski definition) is 2. The quantitative estimate of drug-likeness (QED) is 0.648. The van der Waals surface area contributed by atoms with Gasteiger partial charge in [-0.25, -0.2) is 9.18 Å². The second-order valence-electron chi connectivity index (χ2n) is 8.65. The maximum absolute atomic E-state index is 13.2. The van der Waals surface area contributed by atoms with E-state index in [9.17, 15) is 14.0 Å². The molecule has 1 saturated heterocycles. The molecule has 0 unspecified atom stereocenters. The molecule has 3 aromatic rings. The number of likely N-dealkylation sites (tertiary alicyclic amines) is 1. The van der Waals surface area contributed by atoms with Crippen LogP contribution in [0.2, 0.25) is 0 Å². The van der Waals surface area contributed by atoms with Gasteiger partial charge in [0.05, 0.1) is 0 Å². The van der Waals surface area contributed by atoms with E-state index < -0.39 is 6.03 Å². The highest BCUT2D eigenvalue weighted by Crippen LogP contribution is 2.36. The summed E-state index contributed by atoms with van der Waals surface area (Å²) >= 11 is 0. The number of anilines is 2. The Labute approximate surface area is 185 Å². The molecule has 32 heavy (non-hydrogen) atoms. The predicted molar refractivity (Wildman–Crippen MR) is 122 cm³/mol. The second kappa shape index (κ2) is 8.59. The summed E-state index contributed by atoms with van der Waals surface area (Å²) in [6, 6.07) is 19.0. The summed E-state index contributed by atoms with van der Waals surface area (Å²) in [7, 11) is 0. The number of piperidine rings is 1. The number of carbonyl (C=O) groups is 1. The van der Waals surface area contributed by atoms with Crippen molar-refractivity contribution in [2.24, 2.45) is 5.92 Å². The van der Waals surface area contributed by atoms with E-state index in [2.05, 4.69) is 15.5 Å². The molecule has 2 atom stereocenters. The standard InChI is InChI=1S/C25H25FN4O2/c26-20-8-6-17(7-9-20)13-29-14-18-12-19(16-29)23-11-10-22(24(31)30(23)15-18)28-25(32)27-21-4-2-1-3-5-21/h1-11,18-19H,12-16H2,(H2,27,28,32)/t18-,19+/m0/s1. The SMILES string of the molecule is O=C(Nc1ccccc1)Nc1ccc2n(c1=O)C[C@H]1C[C@@H]2CN(Cc2ccc(F)cc2)C1. The minimum Gasteiger partial charge on any atom is -0.310 e. The molecule has 164 valence electrons. The van der Waals surface area contributed by atoms with E-state index in [-0.39, 0.29) is 23.0 Å². The van der Waals surface area contributed by atoms with Crippen molar-refractivity contribution >= 4 is 17.4 Å². The van der Waals surface area contributed by atoms with Crippen molar-refractivity contribution in [3.63, 3.8) is 0 Å². The van der Waals surface area contributed by atoms with Gasteiger partial charge in [-0.1, -0.05) is 30.3 Å². The van der Waals surface area contributed by atoms with E-state index >= 15 is 0 Å². The maximum Gasteiger partial charge on any atom is 0.323 e. The summed E-state index contributed by atoms with van der Waals surface area (Å²) in [5, 5.41) is 5.44. The zero-order chi connectivity index (χ0) is 22.1. The molecule has 2 aliphatic rings. The first-order valence-electron chi connectivity index (χ1n) is 10.9. The van der Waals surface area contributed by atoms with E-state index in [1.165, 1.54) is 12.1 Å². The van der Waals surface area contributed by atoms with Gasteiger partial charge in [0.1, 0.15) is 11.5 Å². The first-order chi connectivity index (χ1) is 15.5. The zero-order valence-electron chi connectivity index (χ0n) is 17.6. The number of carbonyl (C=O) groups excluding carboxylic acids is 1. The van der Waals surface area contributed by atoms with Gasteiger partial charge in [-0.15, -0.1) is 0 Å². The van der Waals surface area contributed by atoms with Crippen LogP contribution in [-0.4, -0.2) is 28.6 Å². The van der Waals surface area contributed by atoms with E-state index in [1.54, 1.807) is 18.2 Å². The minimum absolute atomic E-state index is 0.160. The van der Waals surface area contributed by atoms with Gasteiger partial charge in [0.25, 0.3) is 5.56 Å². The third-order valence-electron chi connectivity index (χ3n) is 6.28. The third-order valence-corrected chi connectivity index (χ3v) is 6.28. The van der Waals surface area contributed by atoms with Crippen molar-refractivity contribution in [3.8, 4) is 0 Å². The molecule has 6 nitrogen and oxygen atoms in total. The van der Waals surface area contributed by atoms with Gasteiger partial charge >= 0.3 is 6.03 Å². The van der Waals surface area contributed by atoms with E-state index in [4.69, 9.17) is 0 Å². The molecule has 0 spiro atoms. The molecule has 0 aliphatic carbocycles. The van der Waals surface area contributed by atoms with Crippen molar-refractivity contribution in [2.75, 3.05) is 23.7 Å². The number of nitrogens with zero attached hydrogens (tertiary/aromatic N) is 2. The molecule has 2 aliphatic heterocycles. The lowest BCUT2D eigenvalue weighted by atomic mass is 9.83. The smallest absolute Gasteiger partial charge is 0.310 e. The van der Waals surface area contributed by atoms with Crippen molar-refractivity contribution in [1.29, 1.82) is 0 Å². The Morgan fingerprint density at radius 2 is 1.72 bits per heavy atom. The zero-order valence-corrected chi connectivity index (χ0v) is 17.6. The number of urea groups is 1. The highest BCUT2D eigenvalue weighted by molar-refractivity contribution is 5.99. The van der Waals surface area contributed by atoms with Gasteiger partial charge in [-0.3, -0.25) is 9.69 Å². The lowest BCUT2D eigenvalue weighted by molar-refractivity contribution is 0.114. The van der Waals surface area contributed by atoms with Crippen LogP contribution in [-0.2, 0) is 13.1 Å². The molecular weight excluding hydrogens is 407 g/mol. The molecule has 7 heteroatoms. The van der Waals surface area contributed by atoms with Crippen molar-refractivity contribution in [3.05, 3.63) is 94.2 Å². The van der Waals surface area contributed by atoms with Crippen LogP contribution in [0.25, 0.3) is 0 Å². The normalized spacial score (nSPS) is 19.8. The predicted octanol–water partition coefficient (Wildman–Crippen LogP) is 4.25. The first kappa shape index (κ1) is 20.5. The van der Waals surface area contributed by atoms with Crippen molar-refractivity contribution in [2.45, 2.75) is 25.4 Å². The van der Waals surface area contributed by atoms with Gasteiger partial charge in [0.15, 0.2) is 0 Å². The average Bonchev–Trinajstić information content (AvgIpc) is 2.78. The molecule has 2 bridgehead atoms. The number of para-hydroxylation sites is 1. The Morgan fingerprint density at radius 3 is 2.50 bits per heavy atom. The lowest BCUT2D eigenvalue weighted by Crippen LogP contribution is -2.47. The second-order valence-corrected chi connectivity index (χ2v) is 8.65. The molecule has 2 N–H and O–H groups in total. The fraction of sp³-hybridized carbons (Fsp3) is 0.280. The number of halogens is 1. The monoisotopic (exact) mass is 432 g/mol. The number of hydrogen-bond acceptors (Lipinski definition) is 3. The van der Waals surface area contributed by atoms with Gasteiger partial charge in [0, 0.05) is 43.5 Å². The fourth-order valence-corrected chi connectivity index (χ4v) is 4.92. The van der Waals surface area contributed by atoms with Crippen LogP contribution >= 0.6 is 0 Å². The lowest BCUT2D eigenvalue weighted by Gasteiger charge is -2.43. The Morgan fingerprint density at radius 1 is 0.938 bits per heavy atom. The largest absolute Gasteiger partial charge is 0.323 e. The Balaban J connectivity index is 1.30. The first-order valence-corrected chi connectivity index (χ1v) is 10.9. The number of amides is 2. The average molecular weight is 432 g/mol. The summed E-state index contributed by atoms with van der Waals surface area (Å²) in [6.45, 7) is 3.16. The summed E-state index contributed by atoms with van der Waals surface area (Å²) in [6.07, 6.45) is 1.06. The fourth-order valence-electron chi connectivity index (χ4n) is 4.92. The number of pyridine rings is 1. The molecule has 3 heterocycles. The number of aromatic nitrogens is 1. The molecule has 2 aromatic carbocycles. The van der Waals surface area contributed by atoms with Crippen LogP contribution in [0.5, 0.6) is 0 Å². The molecule has 2 amide bonds. The molecule has 1 fully saturated rings. The number of nitrogens with one attached hydrogen (secondary N) is 2. The van der Waals surface area contributed by atoms with E-state index in [0.29, 0.717) is 18.2 Å². The summed E-state index contributed by atoms with van der Waals surface area (Å²) in [5.41, 5.74) is 2.90. The van der Waals surface area contributed by atoms with Crippen LogP contribution in [0, 0.1) is 11.7 Å². The highest BCUT2D eigenvalue weighted by Gasteiger charge is 2.35. The number of fused-ring (bicyclic) bond motifs is 4. The summed E-state index contributed by atoms with van der Waals surface area (Å²) < 4.78 is 15.0. The third kappa shape index (κ3) is 4.29. The van der Waals surface area contributed by atoms with Crippen molar-refractivity contribution in [1.82, 2.24) is 9.47 Å². The minimum atomic E-state index is -0.435. The Hall–Kier alpha value is -3.45. The van der Waals surface area contributed by atoms with Crippen LogP contribution in [0.3, 0.4) is 0 Å². The van der Waals surface area contributed by atoms with Gasteiger partial charge < -0.3 is 15.2 Å². The van der Waals surface area contributed by atoms with Crippen molar-refractivity contribution < 1.29 is 9.18 Å². The maximum atomic E-state index is 13.2. The molecule has 1 aromatic heterocycles. The summed E-state index contributed by atoms with van der Waals surface area (Å²) in [4.78, 5) is 27.8. The van der Waals surface area contributed by atoms with Crippen LogP contribution < -0.4 is 16.2 Å². The van der Waals surface area contributed by atoms with E-state index in [1.807, 2.05) is 41.0 Å². The van der Waals surface area contributed by atoms with Gasteiger partial charge in [-0.2, -0.15) is 0 Å². The van der Waals surface area contributed by atoms with E-state index in [0.717, 1.165) is 37.3 Å². The number of benzene rings is 2. The molecule has 0 radical (unpaired) electrons. The molecule has 0 saturated carbocycles. The summed E-state index contributed by atoms with van der Waals surface area (Å²) in [5.74, 6) is 0.412. The number of rotatable bonds is 4. The van der Waals surface area contributed by atoms with Crippen LogP contribution in [0.4, 0.5) is 20.6 Å². The topological polar surface area (TPSA) is 66.4 Å². The molecular formula is C25H25FN4O2. The Kier molecular flexibility index (Phi) is 5.49. The van der Waals surface area contributed by atoms with Gasteiger partial charge in [0.2, 0.25) is 0 Å². The van der Waals surface area contributed by atoms with Crippen LogP contribution in [0.1, 0.15) is 23.6 Å². The van der Waals surface area contributed by atoms with Crippen LogP contribution in [0.15, 0.2) is 71.5 Å².